The molecule has 3 rings (SSSR count). The van der Waals surface area contributed by atoms with Crippen LogP contribution in [0.25, 0.3) is 10.6 Å². The Bertz CT molecular complexity index is 583. The molecule has 0 bridgehead atoms. The van der Waals surface area contributed by atoms with Gasteiger partial charge in [-0.05, 0) is 31.0 Å². The van der Waals surface area contributed by atoms with Gasteiger partial charge in [0, 0.05) is 24.6 Å². The first-order valence-corrected chi connectivity index (χ1v) is 7.43. The van der Waals surface area contributed by atoms with Gasteiger partial charge in [-0.25, -0.2) is 4.39 Å². The number of benzene rings is 1. The van der Waals surface area contributed by atoms with Gasteiger partial charge in [-0.1, -0.05) is 22.9 Å². The molecular formula is C13H13ClFN3S. The van der Waals surface area contributed by atoms with Crippen LogP contribution in [0.1, 0.15) is 17.8 Å². The molecule has 1 fully saturated rings. The summed E-state index contributed by atoms with van der Waals surface area (Å²) >= 11 is 7.30. The van der Waals surface area contributed by atoms with E-state index in [9.17, 15) is 4.39 Å². The van der Waals surface area contributed by atoms with E-state index >= 15 is 0 Å². The smallest absolute Gasteiger partial charge is 0.147 e. The van der Waals surface area contributed by atoms with Crippen molar-refractivity contribution in [3.8, 4) is 10.6 Å². The third kappa shape index (κ3) is 3.29. The second kappa shape index (κ2) is 5.53. The van der Waals surface area contributed by atoms with Crippen LogP contribution in [0, 0.1) is 5.82 Å². The number of hydrogen-bond acceptors (Lipinski definition) is 4. The molecule has 1 aliphatic rings. The summed E-state index contributed by atoms with van der Waals surface area (Å²) in [5, 5.41) is 13.6. The summed E-state index contributed by atoms with van der Waals surface area (Å²) < 4.78 is 13.1. The first-order chi connectivity index (χ1) is 9.22. The van der Waals surface area contributed by atoms with E-state index in [0.29, 0.717) is 6.04 Å². The van der Waals surface area contributed by atoms with Gasteiger partial charge in [-0.2, -0.15) is 0 Å². The monoisotopic (exact) mass is 297 g/mol. The zero-order chi connectivity index (χ0) is 13.2. The van der Waals surface area contributed by atoms with Crippen LogP contribution in [0.5, 0.6) is 0 Å². The average molecular weight is 298 g/mol. The van der Waals surface area contributed by atoms with Crippen molar-refractivity contribution in [3.63, 3.8) is 0 Å². The molecule has 0 radical (unpaired) electrons. The minimum atomic E-state index is -0.413. The lowest BCUT2D eigenvalue weighted by Gasteiger charge is -1.98. The summed E-state index contributed by atoms with van der Waals surface area (Å²) in [7, 11) is 0. The van der Waals surface area contributed by atoms with Crippen molar-refractivity contribution in [2.45, 2.75) is 25.3 Å². The minimum Gasteiger partial charge on any atom is -0.314 e. The molecule has 0 amide bonds. The summed E-state index contributed by atoms with van der Waals surface area (Å²) in [5.74, 6) is -0.413. The fourth-order valence-corrected chi connectivity index (χ4v) is 2.79. The van der Waals surface area contributed by atoms with Crippen LogP contribution >= 0.6 is 22.9 Å². The average Bonchev–Trinajstić information content (AvgIpc) is 3.10. The SMILES string of the molecule is Fc1ccc(-c2nnc(CCNC3CC3)s2)cc1Cl. The van der Waals surface area contributed by atoms with E-state index in [-0.39, 0.29) is 5.02 Å². The Kier molecular flexibility index (Phi) is 3.77. The first-order valence-electron chi connectivity index (χ1n) is 6.23. The zero-order valence-electron chi connectivity index (χ0n) is 10.2. The lowest BCUT2D eigenvalue weighted by Crippen LogP contribution is -2.19. The van der Waals surface area contributed by atoms with Crippen molar-refractivity contribution in [2.75, 3.05) is 6.54 Å². The van der Waals surface area contributed by atoms with Gasteiger partial charge in [-0.15, -0.1) is 10.2 Å². The minimum absolute atomic E-state index is 0.115. The standard InChI is InChI=1S/C13H13ClFN3S/c14-10-7-8(1-4-11(10)15)13-18-17-12(19-13)5-6-16-9-2-3-9/h1,4,7,9,16H,2-3,5-6H2. The van der Waals surface area contributed by atoms with E-state index in [1.54, 1.807) is 12.1 Å². The Balaban J connectivity index is 1.67. The summed E-state index contributed by atoms with van der Waals surface area (Å²) in [4.78, 5) is 0. The van der Waals surface area contributed by atoms with E-state index < -0.39 is 5.82 Å². The van der Waals surface area contributed by atoms with Crippen molar-refractivity contribution in [1.82, 2.24) is 15.5 Å². The molecule has 2 aromatic rings. The van der Waals surface area contributed by atoms with Crippen LogP contribution in [0.2, 0.25) is 5.02 Å². The highest BCUT2D eigenvalue weighted by molar-refractivity contribution is 7.14. The molecule has 0 saturated heterocycles. The number of nitrogens with zero attached hydrogens (tertiary/aromatic N) is 2. The molecule has 0 aliphatic heterocycles. The molecule has 1 aliphatic carbocycles. The molecule has 100 valence electrons. The second-order valence-corrected chi connectivity index (χ2v) is 6.08. The van der Waals surface area contributed by atoms with E-state index in [0.717, 1.165) is 28.5 Å². The highest BCUT2D eigenvalue weighted by Crippen LogP contribution is 2.27. The molecule has 6 heteroatoms. The molecule has 19 heavy (non-hydrogen) atoms. The van der Waals surface area contributed by atoms with Gasteiger partial charge < -0.3 is 5.32 Å². The Labute approximate surface area is 119 Å². The van der Waals surface area contributed by atoms with Crippen molar-refractivity contribution in [3.05, 3.63) is 34.0 Å². The molecule has 1 heterocycles. The van der Waals surface area contributed by atoms with Crippen LogP contribution in [0.15, 0.2) is 18.2 Å². The number of nitrogens with one attached hydrogen (secondary N) is 1. The van der Waals surface area contributed by atoms with Crippen LogP contribution in [0.3, 0.4) is 0 Å². The fourth-order valence-electron chi connectivity index (χ4n) is 1.77. The normalized spacial score (nSPS) is 14.8. The molecule has 1 aromatic heterocycles. The van der Waals surface area contributed by atoms with Crippen molar-refractivity contribution >= 4 is 22.9 Å². The highest BCUT2D eigenvalue weighted by Gasteiger charge is 2.20. The van der Waals surface area contributed by atoms with Gasteiger partial charge in [0.2, 0.25) is 0 Å². The molecule has 3 nitrogen and oxygen atoms in total. The highest BCUT2D eigenvalue weighted by atomic mass is 35.5. The van der Waals surface area contributed by atoms with Gasteiger partial charge in [-0.3, -0.25) is 0 Å². The first kappa shape index (κ1) is 13.0. The van der Waals surface area contributed by atoms with Crippen LogP contribution < -0.4 is 5.32 Å². The van der Waals surface area contributed by atoms with E-state index in [1.165, 1.54) is 30.2 Å². The maximum absolute atomic E-state index is 13.1. The van der Waals surface area contributed by atoms with Crippen molar-refractivity contribution in [1.29, 1.82) is 0 Å². The molecule has 0 atom stereocenters. The summed E-state index contributed by atoms with van der Waals surface area (Å²) in [6.45, 7) is 0.934. The maximum Gasteiger partial charge on any atom is 0.147 e. The zero-order valence-corrected chi connectivity index (χ0v) is 11.8. The van der Waals surface area contributed by atoms with Gasteiger partial charge in [0.05, 0.1) is 5.02 Å². The van der Waals surface area contributed by atoms with Crippen molar-refractivity contribution in [2.24, 2.45) is 0 Å². The number of rotatable bonds is 5. The maximum atomic E-state index is 13.1. The number of hydrogen-bond donors (Lipinski definition) is 1. The van der Waals surface area contributed by atoms with E-state index in [4.69, 9.17) is 11.6 Å². The predicted octanol–water partition coefficient (Wildman–Crippen LogP) is 3.29. The number of aromatic nitrogens is 2. The summed E-state index contributed by atoms with van der Waals surface area (Å²) in [6.07, 6.45) is 3.45. The second-order valence-electron chi connectivity index (χ2n) is 4.61. The third-order valence-electron chi connectivity index (χ3n) is 2.98. The van der Waals surface area contributed by atoms with Gasteiger partial charge in [0.25, 0.3) is 0 Å². The fraction of sp³-hybridized carbons (Fsp3) is 0.385. The van der Waals surface area contributed by atoms with Crippen LogP contribution in [-0.2, 0) is 6.42 Å². The van der Waals surface area contributed by atoms with Crippen LogP contribution in [-0.4, -0.2) is 22.8 Å². The van der Waals surface area contributed by atoms with Gasteiger partial charge >= 0.3 is 0 Å². The molecule has 1 aromatic carbocycles. The predicted molar refractivity (Wildman–Crippen MR) is 75.0 cm³/mol. The summed E-state index contributed by atoms with van der Waals surface area (Å²) in [6, 6.07) is 5.33. The molecule has 0 unspecified atom stereocenters. The largest absolute Gasteiger partial charge is 0.314 e. The van der Waals surface area contributed by atoms with Crippen LogP contribution in [0.4, 0.5) is 4.39 Å². The van der Waals surface area contributed by atoms with E-state index in [1.807, 2.05) is 0 Å². The Hall–Kier alpha value is -1.04. The number of halogens is 2. The van der Waals surface area contributed by atoms with Gasteiger partial charge in [0.15, 0.2) is 0 Å². The van der Waals surface area contributed by atoms with E-state index in [2.05, 4.69) is 15.5 Å². The van der Waals surface area contributed by atoms with Crippen molar-refractivity contribution < 1.29 is 4.39 Å². The lowest BCUT2D eigenvalue weighted by molar-refractivity contribution is 0.628. The Morgan fingerprint density at radius 2 is 2.21 bits per heavy atom. The molecular weight excluding hydrogens is 285 g/mol. The topological polar surface area (TPSA) is 37.8 Å². The summed E-state index contributed by atoms with van der Waals surface area (Å²) in [5.41, 5.74) is 0.810. The lowest BCUT2D eigenvalue weighted by atomic mass is 10.2. The quantitative estimate of drug-likeness (QED) is 0.920. The Morgan fingerprint density at radius 1 is 1.37 bits per heavy atom. The molecule has 0 spiro atoms. The Morgan fingerprint density at radius 3 is 2.95 bits per heavy atom. The molecule has 1 saturated carbocycles. The molecule has 1 N–H and O–H groups in total. The van der Waals surface area contributed by atoms with Gasteiger partial charge in [0.1, 0.15) is 15.8 Å². The third-order valence-corrected chi connectivity index (χ3v) is 4.30.